The standard InChI is InChI=1S/C29H42O6/c1-14(2)15(3)22-23(34-22)16(4)18-8-11-28-27(18,6)10-9-21-26(5)13-17(24(31)29(21,28)35-28)20(30)12-19(26)25(32)33-7/h12,14-18,21-24,31H,8-11,13H2,1-7H3/t15-,16+,17-,18-,21-,22+,23+,24-,26+,27-,28-,29-/m1/s1. The van der Waals surface area contributed by atoms with E-state index >= 15 is 0 Å². The zero-order chi connectivity index (χ0) is 25.3. The maximum atomic E-state index is 13.1. The number of methoxy groups -OCH3 is 1. The molecule has 0 aromatic carbocycles. The van der Waals surface area contributed by atoms with Crippen LogP contribution in [0, 0.1) is 46.3 Å². The Bertz CT molecular complexity index is 1000. The normalized spacial score (nSPS) is 53.2. The van der Waals surface area contributed by atoms with Gasteiger partial charge in [0.05, 0.1) is 31.3 Å². The number of rotatable bonds is 5. The van der Waals surface area contributed by atoms with Gasteiger partial charge in [0.2, 0.25) is 0 Å². The molecule has 3 saturated carbocycles. The molecule has 0 radical (unpaired) electrons. The van der Waals surface area contributed by atoms with Gasteiger partial charge in [-0.15, -0.1) is 0 Å². The smallest absolute Gasteiger partial charge is 0.334 e. The zero-order valence-corrected chi connectivity index (χ0v) is 22.3. The van der Waals surface area contributed by atoms with Gasteiger partial charge in [0.1, 0.15) is 11.2 Å². The van der Waals surface area contributed by atoms with Gasteiger partial charge in [-0.2, -0.15) is 0 Å². The molecule has 2 aliphatic heterocycles. The van der Waals surface area contributed by atoms with E-state index in [1.54, 1.807) is 0 Å². The topological polar surface area (TPSA) is 88.7 Å². The first-order valence-corrected chi connectivity index (χ1v) is 13.8. The number of allylic oxidation sites excluding steroid dienone is 1. The molecule has 6 nitrogen and oxygen atoms in total. The molecule has 0 amide bonds. The second-order valence-corrected chi connectivity index (χ2v) is 13.5. The van der Waals surface area contributed by atoms with Crippen molar-refractivity contribution in [1.29, 1.82) is 0 Å². The SMILES string of the molecule is COC(=O)C1=CC(=O)[C@H]2C[C@]1(C)[C@H]1CC[C@]3(C)[C@@H]([C@H](C)[C@@H]4O[C@H]4[C@H](C)C(C)C)CC[C@@]34O[C@@]14[C@@H]2O. The molecule has 5 fully saturated rings. The number of carbonyl (C=O) groups excluding carboxylic acids is 2. The summed E-state index contributed by atoms with van der Waals surface area (Å²) in [5, 5.41) is 11.7. The summed E-state index contributed by atoms with van der Waals surface area (Å²) in [5.74, 6) is 0.887. The predicted molar refractivity (Wildman–Crippen MR) is 129 cm³/mol. The Hall–Kier alpha value is -1.24. The van der Waals surface area contributed by atoms with Crippen LogP contribution >= 0.6 is 0 Å². The van der Waals surface area contributed by atoms with Crippen LogP contribution in [0.25, 0.3) is 0 Å². The molecule has 6 aliphatic rings. The molecular weight excluding hydrogens is 444 g/mol. The van der Waals surface area contributed by atoms with Gasteiger partial charge in [-0.05, 0) is 61.9 Å². The van der Waals surface area contributed by atoms with Crippen molar-refractivity contribution in [1.82, 2.24) is 0 Å². The van der Waals surface area contributed by atoms with Crippen LogP contribution in [-0.2, 0) is 23.8 Å². The van der Waals surface area contributed by atoms with E-state index in [1.807, 2.05) is 0 Å². The van der Waals surface area contributed by atoms with Crippen molar-refractivity contribution in [3.8, 4) is 0 Å². The Morgan fingerprint density at radius 1 is 1.14 bits per heavy atom. The lowest BCUT2D eigenvalue weighted by Gasteiger charge is -2.57. The van der Waals surface area contributed by atoms with Crippen molar-refractivity contribution in [2.75, 3.05) is 7.11 Å². The first kappa shape index (κ1) is 24.1. The fourth-order valence-electron chi connectivity index (χ4n) is 9.84. The molecule has 2 saturated heterocycles. The number of aliphatic hydroxyl groups is 1. The van der Waals surface area contributed by atoms with Crippen molar-refractivity contribution in [3.63, 3.8) is 0 Å². The van der Waals surface area contributed by atoms with Gasteiger partial charge in [-0.3, -0.25) is 4.79 Å². The minimum Gasteiger partial charge on any atom is -0.466 e. The quantitative estimate of drug-likeness (QED) is 0.465. The highest BCUT2D eigenvalue weighted by Crippen LogP contribution is 2.81. The van der Waals surface area contributed by atoms with E-state index in [-0.39, 0.29) is 17.1 Å². The molecule has 4 aliphatic carbocycles. The molecule has 6 heteroatoms. The summed E-state index contributed by atoms with van der Waals surface area (Å²) in [6, 6.07) is 0. The summed E-state index contributed by atoms with van der Waals surface area (Å²) >= 11 is 0. The average Bonchev–Trinajstić information content (AvgIpc) is 3.71. The molecule has 0 aromatic heterocycles. The minimum absolute atomic E-state index is 0.00674. The van der Waals surface area contributed by atoms with Crippen LogP contribution in [0.3, 0.4) is 0 Å². The molecule has 2 heterocycles. The monoisotopic (exact) mass is 486 g/mol. The number of epoxide rings is 2. The average molecular weight is 487 g/mol. The van der Waals surface area contributed by atoms with E-state index in [1.165, 1.54) is 13.2 Å². The Labute approximate surface area is 209 Å². The second kappa shape index (κ2) is 7.20. The fourth-order valence-corrected chi connectivity index (χ4v) is 9.84. The molecule has 0 aromatic rings. The summed E-state index contributed by atoms with van der Waals surface area (Å²) < 4.78 is 18.2. The van der Waals surface area contributed by atoms with Crippen LogP contribution in [0.15, 0.2) is 11.6 Å². The summed E-state index contributed by atoms with van der Waals surface area (Å²) in [5.41, 5.74) is -1.34. The van der Waals surface area contributed by atoms with Crippen molar-refractivity contribution in [2.24, 2.45) is 46.3 Å². The fraction of sp³-hybridized carbons (Fsp3) is 0.862. The molecule has 6 rings (SSSR count). The van der Waals surface area contributed by atoms with Crippen molar-refractivity contribution in [2.45, 2.75) is 103 Å². The third-order valence-electron chi connectivity index (χ3n) is 12.1. The number of aliphatic hydroxyl groups excluding tert-OH is 1. The number of ether oxygens (including phenoxy) is 3. The van der Waals surface area contributed by atoms with Crippen LogP contribution in [0.2, 0.25) is 0 Å². The Kier molecular flexibility index (Phi) is 4.96. The maximum Gasteiger partial charge on any atom is 0.334 e. The molecule has 35 heavy (non-hydrogen) atoms. The highest BCUT2D eigenvalue weighted by atomic mass is 16.6. The lowest BCUT2D eigenvalue weighted by atomic mass is 9.43. The van der Waals surface area contributed by atoms with Crippen molar-refractivity contribution >= 4 is 11.8 Å². The molecular formula is C29H42O6. The Morgan fingerprint density at radius 2 is 1.86 bits per heavy atom. The lowest BCUT2D eigenvalue weighted by molar-refractivity contribution is -0.152. The van der Waals surface area contributed by atoms with Crippen LogP contribution in [0.5, 0.6) is 0 Å². The third-order valence-corrected chi connectivity index (χ3v) is 12.1. The zero-order valence-electron chi connectivity index (χ0n) is 22.3. The third kappa shape index (κ3) is 2.67. The van der Waals surface area contributed by atoms with Crippen LogP contribution < -0.4 is 0 Å². The molecule has 12 atom stereocenters. The summed E-state index contributed by atoms with van der Waals surface area (Å²) in [4.78, 5) is 25.9. The first-order valence-electron chi connectivity index (χ1n) is 13.8. The highest BCUT2D eigenvalue weighted by Gasteiger charge is 2.90. The van der Waals surface area contributed by atoms with E-state index in [4.69, 9.17) is 14.2 Å². The van der Waals surface area contributed by atoms with Gasteiger partial charge in [0.15, 0.2) is 5.78 Å². The number of fused-ring (bicyclic) bond motifs is 3. The predicted octanol–water partition coefficient (Wildman–Crippen LogP) is 4.09. The lowest BCUT2D eigenvalue weighted by Crippen LogP contribution is -2.65. The van der Waals surface area contributed by atoms with E-state index in [0.29, 0.717) is 47.9 Å². The van der Waals surface area contributed by atoms with Crippen LogP contribution in [-0.4, -0.2) is 53.5 Å². The van der Waals surface area contributed by atoms with E-state index in [2.05, 4.69) is 41.5 Å². The maximum absolute atomic E-state index is 13.1. The first-order chi connectivity index (χ1) is 16.4. The van der Waals surface area contributed by atoms with Crippen molar-refractivity contribution < 1.29 is 28.9 Å². The minimum atomic E-state index is -0.830. The van der Waals surface area contributed by atoms with Gasteiger partial charge in [-0.25, -0.2) is 4.79 Å². The summed E-state index contributed by atoms with van der Waals surface area (Å²) in [6.07, 6.45) is 5.57. The number of hydrogen-bond donors (Lipinski definition) is 1. The number of esters is 1. The largest absolute Gasteiger partial charge is 0.466 e. The number of carbonyl (C=O) groups is 2. The Balaban J connectivity index is 1.34. The van der Waals surface area contributed by atoms with Gasteiger partial charge in [0, 0.05) is 22.3 Å². The van der Waals surface area contributed by atoms with Crippen molar-refractivity contribution in [3.05, 3.63) is 11.6 Å². The van der Waals surface area contributed by atoms with E-state index in [0.717, 1.165) is 25.7 Å². The second-order valence-electron chi connectivity index (χ2n) is 13.5. The highest BCUT2D eigenvalue weighted by molar-refractivity contribution is 6.03. The molecule has 2 spiro atoms. The molecule has 0 unspecified atom stereocenters. The van der Waals surface area contributed by atoms with Crippen LogP contribution in [0.4, 0.5) is 0 Å². The van der Waals surface area contributed by atoms with Crippen LogP contribution in [0.1, 0.15) is 73.6 Å². The molecule has 1 N–H and O–H groups in total. The van der Waals surface area contributed by atoms with Gasteiger partial charge >= 0.3 is 5.97 Å². The van der Waals surface area contributed by atoms with Gasteiger partial charge < -0.3 is 19.3 Å². The number of hydrogen-bond acceptors (Lipinski definition) is 6. The number of ketones is 1. The Morgan fingerprint density at radius 3 is 2.51 bits per heavy atom. The van der Waals surface area contributed by atoms with E-state index < -0.39 is 34.6 Å². The van der Waals surface area contributed by atoms with Gasteiger partial charge in [-0.1, -0.05) is 41.5 Å². The molecule has 194 valence electrons. The molecule has 2 bridgehead atoms. The van der Waals surface area contributed by atoms with Gasteiger partial charge in [0.25, 0.3) is 0 Å². The summed E-state index contributed by atoms with van der Waals surface area (Å²) in [7, 11) is 1.37. The summed E-state index contributed by atoms with van der Waals surface area (Å²) in [6.45, 7) is 13.6. The van der Waals surface area contributed by atoms with E-state index in [9.17, 15) is 14.7 Å².